The zero-order valence-corrected chi connectivity index (χ0v) is 16.7. The second-order valence-electron chi connectivity index (χ2n) is 7.87. The summed E-state index contributed by atoms with van der Waals surface area (Å²) in [5, 5.41) is 9.24. The van der Waals surface area contributed by atoms with Gasteiger partial charge in [-0.3, -0.25) is 0 Å². The molecule has 0 bridgehead atoms. The second kappa shape index (κ2) is 8.03. The predicted molar refractivity (Wildman–Crippen MR) is 104 cm³/mol. The first-order valence-electron chi connectivity index (χ1n) is 9.71. The summed E-state index contributed by atoms with van der Waals surface area (Å²) in [7, 11) is 0. The number of fused-ring (bicyclic) bond motifs is 1. The Kier molecular flexibility index (Phi) is 5.52. The fraction of sp³-hybridized carbons (Fsp3) is 0.261. The van der Waals surface area contributed by atoms with Crippen LogP contribution in [-0.4, -0.2) is 10.1 Å². The Morgan fingerprint density at radius 2 is 1.62 bits per heavy atom. The second-order valence-corrected chi connectivity index (χ2v) is 7.87. The molecule has 3 nitrogen and oxygen atoms in total. The van der Waals surface area contributed by atoms with Crippen LogP contribution in [0.25, 0.3) is 11.1 Å². The quantitative estimate of drug-likeness (QED) is 0.478. The van der Waals surface area contributed by atoms with Gasteiger partial charge in [-0.05, 0) is 65.3 Å². The lowest BCUT2D eigenvalue weighted by atomic mass is 9.96. The maximum Gasteiger partial charge on any atom is 0.417 e. The van der Waals surface area contributed by atoms with E-state index in [0.29, 0.717) is 18.1 Å². The molecule has 1 unspecified atom stereocenters. The first kappa shape index (κ1) is 22.0. The number of pyridine rings is 1. The normalized spacial score (nSPS) is 15.7. The lowest BCUT2D eigenvalue weighted by Gasteiger charge is -2.16. The molecule has 0 fully saturated rings. The van der Waals surface area contributed by atoms with Crippen LogP contribution in [0.5, 0.6) is 11.6 Å². The number of phenols is 1. The van der Waals surface area contributed by atoms with Crippen molar-refractivity contribution in [2.75, 3.05) is 0 Å². The lowest BCUT2D eigenvalue weighted by Crippen LogP contribution is -2.10. The van der Waals surface area contributed by atoms with Crippen LogP contribution in [0.4, 0.5) is 26.3 Å². The summed E-state index contributed by atoms with van der Waals surface area (Å²) >= 11 is 0. The summed E-state index contributed by atoms with van der Waals surface area (Å²) in [6.07, 6.45) is -1.60. The molecule has 0 spiro atoms. The zero-order chi connectivity index (χ0) is 23.2. The minimum atomic E-state index is -4.99. The molecule has 0 saturated carbocycles. The van der Waals surface area contributed by atoms with Gasteiger partial charge in [-0.15, -0.1) is 0 Å². The van der Waals surface area contributed by atoms with Gasteiger partial charge in [0.2, 0.25) is 5.88 Å². The summed E-state index contributed by atoms with van der Waals surface area (Å²) in [6, 6.07) is 3.91. The summed E-state index contributed by atoms with van der Waals surface area (Å²) in [5.74, 6) is -4.72. The molecule has 3 aromatic rings. The smallest absolute Gasteiger partial charge is 0.417 e. The van der Waals surface area contributed by atoms with Crippen molar-refractivity contribution in [3.8, 4) is 22.8 Å². The Hall–Kier alpha value is -3.23. The zero-order valence-electron chi connectivity index (χ0n) is 16.7. The lowest BCUT2D eigenvalue weighted by molar-refractivity contribution is -0.137. The highest BCUT2D eigenvalue weighted by molar-refractivity contribution is 5.70. The van der Waals surface area contributed by atoms with Crippen LogP contribution in [0.1, 0.15) is 29.2 Å². The number of nitrogens with zero attached hydrogens (tertiary/aromatic N) is 1. The Morgan fingerprint density at radius 3 is 2.28 bits per heavy atom. The Labute approximate surface area is 179 Å². The van der Waals surface area contributed by atoms with E-state index in [1.54, 1.807) is 12.3 Å². The fourth-order valence-corrected chi connectivity index (χ4v) is 3.85. The molecule has 0 amide bonds. The average Bonchev–Trinajstić information content (AvgIpc) is 3.09. The minimum Gasteiger partial charge on any atom is -0.503 e. The molecule has 32 heavy (non-hydrogen) atoms. The van der Waals surface area contributed by atoms with E-state index in [-0.39, 0.29) is 17.5 Å². The first-order valence-corrected chi connectivity index (χ1v) is 9.71. The number of aromatic nitrogens is 1. The van der Waals surface area contributed by atoms with Crippen molar-refractivity contribution >= 4 is 0 Å². The molecule has 1 aromatic heterocycles. The molecule has 0 aliphatic heterocycles. The fourth-order valence-electron chi connectivity index (χ4n) is 3.85. The van der Waals surface area contributed by atoms with Crippen molar-refractivity contribution in [2.45, 2.75) is 32.5 Å². The van der Waals surface area contributed by atoms with E-state index in [1.807, 2.05) is 0 Å². The number of hydrogen-bond donors (Lipinski definition) is 1. The highest BCUT2D eigenvalue weighted by Crippen LogP contribution is 2.40. The van der Waals surface area contributed by atoms with Gasteiger partial charge in [-0.25, -0.2) is 18.2 Å². The molecule has 0 radical (unpaired) electrons. The SMILES string of the molecule is CC1Cc2cnc(OCc3cc(-c4cc(F)c(O)c(F)c4)c(C(F)(F)F)cc3F)cc2C1. The van der Waals surface area contributed by atoms with Crippen molar-refractivity contribution in [1.82, 2.24) is 4.98 Å². The third-order valence-corrected chi connectivity index (χ3v) is 5.39. The third-order valence-electron chi connectivity index (χ3n) is 5.39. The molecule has 1 aliphatic carbocycles. The maximum atomic E-state index is 14.5. The molecule has 1 aliphatic rings. The van der Waals surface area contributed by atoms with Crippen LogP contribution in [0.15, 0.2) is 36.5 Å². The third kappa shape index (κ3) is 4.24. The van der Waals surface area contributed by atoms with Crippen molar-refractivity contribution in [1.29, 1.82) is 0 Å². The standard InChI is InChI=1S/C23H17F6NO2/c1-11-2-12-7-21(30-9-14(12)3-11)32-10-15-4-16(17(8-18(15)24)23(27,28)29)13-5-19(25)22(31)20(26)6-13/h4-9,11,31H,2-3,10H2,1H3. The van der Waals surface area contributed by atoms with Crippen LogP contribution < -0.4 is 4.74 Å². The van der Waals surface area contributed by atoms with Crippen LogP contribution in [0, 0.1) is 23.4 Å². The number of alkyl halides is 3. The van der Waals surface area contributed by atoms with Crippen LogP contribution in [-0.2, 0) is 25.6 Å². The van der Waals surface area contributed by atoms with Crippen molar-refractivity contribution in [2.24, 2.45) is 5.92 Å². The van der Waals surface area contributed by atoms with E-state index >= 15 is 0 Å². The van der Waals surface area contributed by atoms with Crippen molar-refractivity contribution in [3.05, 3.63) is 76.2 Å². The number of rotatable bonds is 4. The molecule has 2 aromatic carbocycles. The monoisotopic (exact) mass is 453 g/mol. The average molecular weight is 453 g/mol. The van der Waals surface area contributed by atoms with Crippen LogP contribution >= 0.6 is 0 Å². The molecule has 1 heterocycles. The van der Waals surface area contributed by atoms with E-state index in [0.717, 1.165) is 30.0 Å². The van der Waals surface area contributed by atoms with E-state index < -0.39 is 52.7 Å². The molecule has 1 atom stereocenters. The number of aromatic hydroxyl groups is 1. The largest absolute Gasteiger partial charge is 0.503 e. The van der Waals surface area contributed by atoms with Crippen LogP contribution in [0.3, 0.4) is 0 Å². The maximum absolute atomic E-state index is 14.5. The minimum absolute atomic E-state index is 0.195. The summed E-state index contributed by atoms with van der Waals surface area (Å²) in [5.41, 5.74) is -0.678. The van der Waals surface area contributed by atoms with E-state index in [1.165, 1.54) is 0 Å². The number of halogens is 6. The number of ether oxygens (including phenoxy) is 1. The topological polar surface area (TPSA) is 42.4 Å². The van der Waals surface area contributed by atoms with E-state index in [4.69, 9.17) is 4.74 Å². The molecular formula is C23H17F6NO2. The number of phenolic OH excluding ortho intramolecular Hbond substituents is 1. The summed E-state index contributed by atoms with van der Waals surface area (Å²) in [6.45, 7) is 1.65. The highest BCUT2D eigenvalue weighted by Gasteiger charge is 2.35. The van der Waals surface area contributed by atoms with Gasteiger partial charge in [0.15, 0.2) is 17.4 Å². The van der Waals surface area contributed by atoms with Gasteiger partial charge in [0.1, 0.15) is 12.4 Å². The van der Waals surface area contributed by atoms with Gasteiger partial charge < -0.3 is 9.84 Å². The molecule has 168 valence electrons. The first-order chi connectivity index (χ1) is 15.0. The van der Waals surface area contributed by atoms with E-state index in [9.17, 15) is 31.4 Å². The Bertz CT molecular complexity index is 1170. The van der Waals surface area contributed by atoms with Gasteiger partial charge >= 0.3 is 6.18 Å². The predicted octanol–water partition coefficient (Wildman–Crippen LogP) is 6.20. The molecule has 4 rings (SSSR count). The molecular weight excluding hydrogens is 436 g/mol. The van der Waals surface area contributed by atoms with Gasteiger partial charge in [-0.1, -0.05) is 6.92 Å². The van der Waals surface area contributed by atoms with Gasteiger partial charge in [0, 0.05) is 17.8 Å². The van der Waals surface area contributed by atoms with E-state index in [2.05, 4.69) is 11.9 Å². The van der Waals surface area contributed by atoms with Crippen molar-refractivity contribution in [3.63, 3.8) is 0 Å². The van der Waals surface area contributed by atoms with Crippen molar-refractivity contribution < 1.29 is 36.2 Å². The molecule has 9 heteroatoms. The number of hydrogen-bond acceptors (Lipinski definition) is 3. The van der Waals surface area contributed by atoms with Crippen LogP contribution in [0.2, 0.25) is 0 Å². The number of benzene rings is 2. The van der Waals surface area contributed by atoms with Gasteiger partial charge in [-0.2, -0.15) is 13.2 Å². The molecule has 0 saturated heterocycles. The highest BCUT2D eigenvalue weighted by atomic mass is 19.4. The summed E-state index contributed by atoms with van der Waals surface area (Å²) < 4.78 is 88.0. The van der Waals surface area contributed by atoms with Gasteiger partial charge in [0.05, 0.1) is 5.56 Å². The Balaban J connectivity index is 1.69. The van der Waals surface area contributed by atoms with Gasteiger partial charge in [0.25, 0.3) is 0 Å². The molecule has 1 N–H and O–H groups in total. The summed E-state index contributed by atoms with van der Waals surface area (Å²) in [4.78, 5) is 4.15. The Morgan fingerprint density at radius 1 is 0.969 bits per heavy atom.